The van der Waals surface area contributed by atoms with Gasteiger partial charge in [-0.05, 0) is 30.0 Å². The number of carboxylic acid groups (broad SMARTS) is 1. The molecule has 0 radical (unpaired) electrons. The van der Waals surface area contributed by atoms with E-state index in [1.54, 1.807) is 24.3 Å². The number of nitrogens with one attached hydrogen (secondary N) is 1. The fourth-order valence-corrected chi connectivity index (χ4v) is 2.38. The monoisotopic (exact) mass is 349 g/mol. The average molecular weight is 349 g/mol. The van der Waals surface area contributed by atoms with Crippen molar-refractivity contribution < 1.29 is 23.4 Å². The van der Waals surface area contributed by atoms with Crippen LogP contribution in [0.5, 0.6) is 11.5 Å². The Bertz CT molecular complexity index is 697. The number of carboxylic acids is 1. The van der Waals surface area contributed by atoms with Gasteiger partial charge in [-0.25, -0.2) is 8.78 Å². The van der Waals surface area contributed by atoms with Crippen LogP contribution in [0.1, 0.15) is 25.8 Å². The Morgan fingerprint density at radius 3 is 2.20 bits per heavy atom. The van der Waals surface area contributed by atoms with Crippen LogP contribution in [0.2, 0.25) is 0 Å². The molecule has 0 unspecified atom stereocenters. The maximum absolute atomic E-state index is 13.2. The lowest BCUT2D eigenvalue weighted by molar-refractivity contribution is -0.140. The van der Waals surface area contributed by atoms with Crippen molar-refractivity contribution in [2.75, 3.05) is 0 Å². The number of carbonyl (C=O) groups is 1. The van der Waals surface area contributed by atoms with Crippen molar-refractivity contribution in [3.8, 4) is 11.5 Å². The van der Waals surface area contributed by atoms with Gasteiger partial charge in [-0.3, -0.25) is 4.79 Å². The molecule has 0 bridgehead atoms. The number of ether oxygens (including phenoxy) is 1. The molecule has 2 rings (SSSR count). The third kappa shape index (κ3) is 6.15. The van der Waals surface area contributed by atoms with E-state index in [9.17, 15) is 18.7 Å². The van der Waals surface area contributed by atoms with E-state index in [1.807, 2.05) is 13.8 Å². The van der Waals surface area contributed by atoms with Crippen LogP contribution in [-0.2, 0) is 11.3 Å². The Morgan fingerprint density at radius 1 is 1.08 bits per heavy atom. The van der Waals surface area contributed by atoms with Crippen LogP contribution in [-0.4, -0.2) is 17.1 Å². The second-order valence-corrected chi connectivity index (χ2v) is 6.25. The standard InChI is InChI=1S/C19H21F2NO3/c1-12(2)7-18(19(23)24)22-11-13-3-5-16(6-4-13)25-17-9-14(20)8-15(21)10-17/h3-6,8-10,12,18,22H,7,11H2,1-2H3,(H,23,24)/t18-/m1/s1. The van der Waals surface area contributed by atoms with Gasteiger partial charge in [-0.2, -0.15) is 0 Å². The molecule has 0 fully saturated rings. The van der Waals surface area contributed by atoms with Gasteiger partial charge < -0.3 is 15.2 Å². The van der Waals surface area contributed by atoms with Crippen molar-refractivity contribution in [2.45, 2.75) is 32.9 Å². The molecule has 6 heteroatoms. The second kappa shape index (κ2) is 8.58. The quantitative estimate of drug-likeness (QED) is 0.744. The van der Waals surface area contributed by atoms with Crippen molar-refractivity contribution in [3.05, 3.63) is 59.7 Å². The molecular formula is C19H21F2NO3. The van der Waals surface area contributed by atoms with Crippen LogP contribution in [0.3, 0.4) is 0 Å². The summed E-state index contributed by atoms with van der Waals surface area (Å²) in [6, 6.07) is 9.24. The highest BCUT2D eigenvalue weighted by atomic mass is 19.1. The van der Waals surface area contributed by atoms with E-state index < -0.39 is 23.6 Å². The Labute approximate surface area is 145 Å². The van der Waals surface area contributed by atoms with E-state index in [0.29, 0.717) is 18.7 Å². The number of halogens is 2. The zero-order valence-electron chi connectivity index (χ0n) is 14.1. The first kappa shape index (κ1) is 18.9. The summed E-state index contributed by atoms with van der Waals surface area (Å²) >= 11 is 0. The number of rotatable bonds is 8. The topological polar surface area (TPSA) is 58.6 Å². The molecule has 2 N–H and O–H groups in total. The first-order valence-electron chi connectivity index (χ1n) is 8.02. The molecule has 1 atom stereocenters. The minimum Gasteiger partial charge on any atom is -0.480 e. The molecule has 2 aromatic carbocycles. The summed E-state index contributed by atoms with van der Waals surface area (Å²) in [6.07, 6.45) is 0.543. The summed E-state index contributed by atoms with van der Waals surface area (Å²) in [5, 5.41) is 12.2. The van der Waals surface area contributed by atoms with Gasteiger partial charge >= 0.3 is 5.97 Å². The van der Waals surface area contributed by atoms with Gasteiger partial charge in [0.1, 0.15) is 29.2 Å². The highest BCUT2D eigenvalue weighted by Crippen LogP contribution is 2.23. The lowest BCUT2D eigenvalue weighted by Gasteiger charge is -2.16. The van der Waals surface area contributed by atoms with Gasteiger partial charge in [-0.15, -0.1) is 0 Å². The van der Waals surface area contributed by atoms with Gasteiger partial charge in [0.05, 0.1) is 0 Å². The van der Waals surface area contributed by atoms with Crippen LogP contribution < -0.4 is 10.1 Å². The summed E-state index contributed by atoms with van der Waals surface area (Å²) in [4.78, 5) is 11.2. The minimum absolute atomic E-state index is 0.0752. The Balaban J connectivity index is 1.96. The van der Waals surface area contributed by atoms with E-state index >= 15 is 0 Å². The molecule has 4 nitrogen and oxygen atoms in total. The molecule has 0 saturated heterocycles. The van der Waals surface area contributed by atoms with E-state index in [2.05, 4.69) is 5.32 Å². The fraction of sp³-hybridized carbons (Fsp3) is 0.316. The lowest BCUT2D eigenvalue weighted by Crippen LogP contribution is -2.37. The molecule has 25 heavy (non-hydrogen) atoms. The van der Waals surface area contributed by atoms with Crippen LogP contribution in [0.4, 0.5) is 8.78 Å². The van der Waals surface area contributed by atoms with E-state index in [0.717, 1.165) is 23.8 Å². The highest BCUT2D eigenvalue weighted by Gasteiger charge is 2.17. The van der Waals surface area contributed by atoms with E-state index in [4.69, 9.17) is 4.74 Å². The molecule has 0 aliphatic rings. The Kier molecular flexibility index (Phi) is 6.47. The van der Waals surface area contributed by atoms with E-state index in [1.165, 1.54) is 0 Å². The minimum atomic E-state index is -0.873. The van der Waals surface area contributed by atoms with Crippen LogP contribution in [0.25, 0.3) is 0 Å². The molecule has 0 heterocycles. The zero-order valence-corrected chi connectivity index (χ0v) is 14.1. The normalized spacial score (nSPS) is 12.2. The third-order valence-electron chi connectivity index (χ3n) is 3.55. The number of hydrogen-bond donors (Lipinski definition) is 2. The van der Waals surface area contributed by atoms with Gasteiger partial charge in [0.2, 0.25) is 0 Å². The predicted molar refractivity (Wildman–Crippen MR) is 90.6 cm³/mol. The number of benzene rings is 2. The molecule has 2 aromatic rings. The molecule has 0 amide bonds. The summed E-state index contributed by atoms with van der Waals surface area (Å²) in [6.45, 7) is 4.34. The van der Waals surface area contributed by atoms with Crippen LogP contribution in [0.15, 0.2) is 42.5 Å². The maximum Gasteiger partial charge on any atom is 0.320 e. The Hall–Kier alpha value is -2.47. The number of hydrogen-bond acceptors (Lipinski definition) is 3. The molecule has 134 valence electrons. The second-order valence-electron chi connectivity index (χ2n) is 6.25. The van der Waals surface area contributed by atoms with Gasteiger partial charge in [-0.1, -0.05) is 26.0 Å². The van der Waals surface area contributed by atoms with Crippen LogP contribution in [0, 0.1) is 17.6 Å². The predicted octanol–water partition coefficient (Wildman–Crippen LogP) is 4.35. The third-order valence-corrected chi connectivity index (χ3v) is 3.55. The Morgan fingerprint density at radius 2 is 1.68 bits per heavy atom. The summed E-state index contributed by atoms with van der Waals surface area (Å²) in [5.41, 5.74) is 0.882. The molecule has 0 aliphatic carbocycles. The molecule has 0 aliphatic heterocycles. The van der Waals surface area contributed by atoms with Crippen molar-refractivity contribution >= 4 is 5.97 Å². The highest BCUT2D eigenvalue weighted by molar-refractivity contribution is 5.73. The molecule has 0 spiro atoms. The van der Waals surface area contributed by atoms with Crippen molar-refractivity contribution in [2.24, 2.45) is 5.92 Å². The largest absolute Gasteiger partial charge is 0.480 e. The molecule has 0 aromatic heterocycles. The summed E-state index contributed by atoms with van der Waals surface area (Å²) in [5.74, 6) is -1.50. The first-order valence-corrected chi connectivity index (χ1v) is 8.02. The van der Waals surface area contributed by atoms with Gasteiger partial charge in [0, 0.05) is 24.7 Å². The van der Waals surface area contributed by atoms with Gasteiger partial charge in [0.15, 0.2) is 0 Å². The van der Waals surface area contributed by atoms with E-state index in [-0.39, 0.29) is 11.7 Å². The van der Waals surface area contributed by atoms with Crippen LogP contribution >= 0.6 is 0 Å². The number of aliphatic carboxylic acids is 1. The molecular weight excluding hydrogens is 328 g/mol. The SMILES string of the molecule is CC(C)C[C@@H](NCc1ccc(Oc2cc(F)cc(F)c2)cc1)C(=O)O. The smallest absolute Gasteiger partial charge is 0.320 e. The van der Waals surface area contributed by atoms with Crippen molar-refractivity contribution in [3.63, 3.8) is 0 Å². The summed E-state index contributed by atoms with van der Waals surface area (Å²) in [7, 11) is 0. The lowest BCUT2D eigenvalue weighted by atomic mass is 10.0. The van der Waals surface area contributed by atoms with Gasteiger partial charge in [0.25, 0.3) is 0 Å². The maximum atomic E-state index is 13.2. The van der Waals surface area contributed by atoms with Crippen molar-refractivity contribution in [1.82, 2.24) is 5.32 Å². The average Bonchev–Trinajstić information content (AvgIpc) is 2.51. The summed E-state index contributed by atoms with van der Waals surface area (Å²) < 4.78 is 31.7. The fourth-order valence-electron chi connectivity index (χ4n) is 2.38. The zero-order chi connectivity index (χ0) is 18.4. The molecule has 0 saturated carbocycles. The first-order chi connectivity index (χ1) is 11.8. The van der Waals surface area contributed by atoms with Crippen molar-refractivity contribution in [1.29, 1.82) is 0 Å².